The van der Waals surface area contributed by atoms with Crippen molar-refractivity contribution in [2.45, 2.75) is 0 Å². The lowest BCUT2D eigenvalue weighted by atomic mass is 10.6. The summed E-state index contributed by atoms with van der Waals surface area (Å²) >= 11 is 5.46. The van der Waals surface area contributed by atoms with E-state index in [0.29, 0.717) is 5.17 Å². The molecule has 8 heavy (non-hydrogen) atoms. The van der Waals surface area contributed by atoms with Gasteiger partial charge in [-0.2, -0.15) is 0 Å². The molecule has 0 spiro atoms. The van der Waals surface area contributed by atoms with Crippen LogP contribution in [0.1, 0.15) is 0 Å². The maximum Gasteiger partial charge on any atom is 0.153 e. The van der Waals surface area contributed by atoms with Crippen LogP contribution in [-0.2, 0) is 0 Å². The SMILES string of the molecule is CN1N=C(Cl)C=[C]N1. The highest BCUT2D eigenvalue weighted by molar-refractivity contribution is 6.68. The smallest absolute Gasteiger partial charge is 0.153 e. The third kappa shape index (κ3) is 1.13. The Morgan fingerprint density at radius 2 is 2.75 bits per heavy atom. The lowest BCUT2D eigenvalue weighted by Crippen LogP contribution is -2.28. The molecule has 0 saturated heterocycles. The third-order valence-corrected chi connectivity index (χ3v) is 0.848. The molecule has 0 aromatic carbocycles. The number of rotatable bonds is 0. The Kier molecular flexibility index (Phi) is 1.39. The van der Waals surface area contributed by atoms with Gasteiger partial charge < -0.3 is 0 Å². The Bertz CT molecular complexity index is 140. The summed E-state index contributed by atoms with van der Waals surface area (Å²) in [6.07, 6.45) is 4.23. The van der Waals surface area contributed by atoms with Crippen molar-refractivity contribution >= 4 is 16.8 Å². The van der Waals surface area contributed by atoms with Crippen LogP contribution < -0.4 is 5.43 Å². The third-order valence-electron chi connectivity index (χ3n) is 0.663. The molecule has 0 aliphatic carbocycles. The number of halogens is 1. The van der Waals surface area contributed by atoms with Crippen LogP contribution in [0.2, 0.25) is 0 Å². The first-order valence-corrected chi connectivity index (χ1v) is 2.49. The van der Waals surface area contributed by atoms with E-state index in [9.17, 15) is 0 Å². The molecule has 0 unspecified atom stereocenters. The highest BCUT2D eigenvalue weighted by atomic mass is 35.5. The maximum absolute atomic E-state index is 5.46. The summed E-state index contributed by atoms with van der Waals surface area (Å²) in [6.45, 7) is 0. The van der Waals surface area contributed by atoms with Gasteiger partial charge in [-0.25, -0.2) is 5.12 Å². The molecule has 0 bridgehead atoms. The summed E-state index contributed by atoms with van der Waals surface area (Å²) in [5.74, 6) is 0. The number of nitrogens with zero attached hydrogens (tertiary/aromatic N) is 2. The van der Waals surface area contributed by atoms with Gasteiger partial charge in [-0.1, -0.05) is 11.6 Å². The minimum Gasteiger partial charge on any atom is -0.281 e. The fourth-order valence-corrected chi connectivity index (χ4v) is 0.550. The van der Waals surface area contributed by atoms with E-state index in [4.69, 9.17) is 11.6 Å². The second-order valence-electron chi connectivity index (χ2n) is 1.35. The Labute approximate surface area is 52.6 Å². The van der Waals surface area contributed by atoms with E-state index < -0.39 is 0 Å². The van der Waals surface area contributed by atoms with Gasteiger partial charge in [0.05, 0.1) is 6.20 Å². The summed E-state index contributed by atoms with van der Waals surface area (Å²) in [7, 11) is 1.74. The molecule has 4 heteroatoms. The van der Waals surface area contributed by atoms with Crippen molar-refractivity contribution in [3.8, 4) is 0 Å². The van der Waals surface area contributed by atoms with Crippen molar-refractivity contribution in [1.29, 1.82) is 0 Å². The number of hydrogen-bond acceptors (Lipinski definition) is 3. The minimum atomic E-state index is 0.436. The number of hydrogen-bond donors (Lipinski definition) is 1. The second kappa shape index (κ2) is 2.05. The number of hydrazine groups is 1. The average molecular weight is 131 g/mol. The molecular weight excluding hydrogens is 126 g/mol. The Balaban J connectivity index is 2.63. The van der Waals surface area contributed by atoms with Crippen molar-refractivity contribution < 1.29 is 0 Å². The predicted molar refractivity (Wildman–Crippen MR) is 32.0 cm³/mol. The van der Waals surface area contributed by atoms with Crippen molar-refractivity contribution in [1.82, 2.24) is 10.5 Å². The monoisotopic (exact) mass is 130 g/mol. The molecule has 1 aliphatic heterocycles. The van der Waals surface area contributed by atoms with Gasteiger partial charge >= 0.3 is 0 Å². The van der Waals surface area contributed by atoms with E-state index in [-0.39, 0.29) is 0 Å². The van der Waals surface area contributed by atoms with Gasteiger partial charge in [0.2, 0.25) is 0 Å². The van der Waals surface area contributed by atoms with Crippen LogP contribution in [0.5, 0.6) is 0 Å². The number of nitrogens with one attached hydrogen (secondary N) is 1. The first-order chi connectivity index (χ1) is 3.79. The fourth-order valence-electron chi connectivity index (χ4n) is 0.382. The number of hydrazone groups is 1. The van der Waals surface area contributed by atoms with E-state index in [2.05, 4.69) is 16.7 Å². The van der Waals surface area contributed by atoms with Crippen LogP contribution in [0.3, 0.4) is 0 Å². The molecule has 0 amide bonds. The first kappa shape index (κ1) is 5.44. The first-order valence-electron chi connectivity index (χ1n) is 2.11. The van der Waals surface area contributed by atoms with Crippen molar-refractivity contribution in [2.75, 3.05) is 7.05 Å². The zero-order valence-electron chi connectivity index (χ0n) is 4.35. The highest BCUT2D eigenvalue weighted by Gasteiger charge is 1.95. The van der Waals surface area contributed by atoms with Crippen molar-refractivity contribution in [3.05, 3.63) is 12.3 Å². The summed E-state index contributed by atoms with van der Waals surface area (Å²) < 4.78 is 0. The molecule has 3 nitrogen and oxygen atoms in total. The topological polar surface area (TPSA) is 27.6 Å². The number of allylic oxidation sites excluding steroid dienone is 1. The van der Waals surface area contributed by atoms with Gasteiger partial charge in [-0.05, 0) is 0 Å². The summed E-state index contributed by atoms with van der Waals surface area (Å²) in [5.41, 5.74) is 2.67. The normalized spacial score (nSPS) is 17.8. The van der Waals surface area contributed by atoms with E-state index in [1.807, 2.05) is 0 Å². The Morgan fingerprint density at radius 1 is 2.00 bits per heavy atom. The van der Waals surface area contributed by atoms with Crippen LogP contribution in [0.25, 0.3) is 0 Å². The van der Waals surface area contributed by atoms with Gasteiger partial charge in [0.1, 0.15) is 0 Å². The van der Waals surface area contributed by atoms with Gasteiger partial charge in [-0.3, -0.25) is 5.43 Å². The predicted octanol–water partition coefficient (Wildman–Crippen LogP) is 0.306. The molecular formula is C4H5ClN3. The van der Waals surface area contributed by atoms with Crippen LogP contribution >= 0.6 is 11.6 Å². The molecule has 0 fully saturated rings. The molecule has 0 atom stereocenters. The van der Waals surface area contributed by atoms with Crippen molar-refractivity contribution in [3.63, 3.8) is 0 Å². The molecule has 1 N–H and O–H groups in total. The zero-order valence-corrected chi connectivity index (χ0v) is 5.11. The molecule has 0 aromatic heterocycles. The summed E-state index contributed by atoms with van der Waals surface area (Å²) in [5, 5.41) is 5.68. The van der Waals surface area contributed by atoms with Crippen LogP contribution in [-0.4, -0.2) is 17.3 Å². The second-order valence-corrected chi connectivity index (χ2v) is 1.73. The van der Waals surface area contributed by atoms with Crippen LogP contribution in [0, 0.1) is 6.20 Å². The standard InChI is InChI=1S/C4H5ClN3/c1-8-6-3-2-4(5)7-8/h2,6H,1H3. The van der Waals surface area contributed by atoms with Crippen LogP contribution in [0.4, 0.5) is 0 Å². The molecule has 1 rings (SSSR count). The quantitative estimate of drug-likeness (QED) is 0.511. The van der Waals surface area contributed by atoms with E-state index in [0.717, 1.165) is 0 Å². The van der Waals surface area contributed by atoms with Crippen molar-refractivity contribution in [2.24, 2.45) is 5.10 Å². The molecule has 0 aromatic rings. The molecule has 1 heterocycles. The van der Waals surface area contributed by atoms with Gasteiger partial charge in [0.15, 0.2) is 5.17 Å². The van der Waals surface area contributed by atoms with Crippen LogP contribution in [0.15, 0.2) is 11.2 Å². The van der Waals surface area contributed by atoms with E-state index in [1.165, 1.54) is 5.12 Å². The Hall–Kier alpha value is -0.700. The lowest BCUT2D eigenvalue weighted by molar-refractivity contribution is 0.282. The van der Waals surface area contributed by atoms with Gasteiger partial charge in [-0.15, -0.1) is 5.10 Å². The van der Waals surface area contributed by atoms with Gasteiger partial charge in [0.25, 0.3) is 0 Å². The van der Waals surface area contributed by atoms with E-state index >= 15 is 0 Å². The fraction of sp³-hybridized carbons (Fsp3) is 0.250. The average Bonchev–Trinajstić information content (AvgIpc) is 1.64. The summed E-state index contributed by atoms with van der Waals surface area (Å²) in [4.78, 5) is 0. The summed E-state index contributed by atoms with van der Waals surface area (Å²) in [6, 6.07) is 0. The Morgan fingerprint density at radius 3 is 3.12 bits per heavy atom. The molecule has 43 valence electrons. The van der Waals surface area contributed by atoms with Gasteiger partial charge in [0, 0.05) is 13.1 Å². The molecule has 1 aliphatic rings. The minimum absolute atomic E-state index is 0.436. The van der Waals surface area contributed by atoms with E-state index in [1.54, 1.807) is 13.1 Å². The zero-order chi connectivity index (χ0) is 5.98. The molecule has 1 radical (unpaired) electrons. The lowest BCUT2D eigenvalue weighted by Gasteiger charge is -2.13. The largest absolute Gasteiger partial charge is 0.281 e. The maximum atomic E-state index is 5.46. The highest BCUT2D eigenvalue weighted by Crippen LogP contribution is 1.93. The molecule has 0 saturated carbocycles.